The maximum atomic E-state index is 12.1. The van der Waals surface area contributed by atoms with Crippen LogP contribution in [0.15, 0.2) is 18.2 Å². The van der Waals surface area contributed by atoms with Crippen molar-refractivity contribution in [1.82, 2.24) is 0 Å². The van der Waals surface area contributed by atoms with E-state index in [4.69, 9.17) is 30.5 Å². The van der Waals surface area contributed by atoms with E-state index in [0.717, 1.165) is 50.3 Å². The Labute approximate surface area is 210 Å². The third-order valence-electron chi connectivity index (χ3n) is 5.62. The lowest BCUT2D eigenvalue weighted by Crippen LogP contribution is -2.18. The molecule has 0 aliphatic heterocycles. The maximum Gasteiger partial charge on any atom is 0.308 e. The summed E-state index contributed by atoms with van der Waals surface area (Å²) in [5, 5.41) is 1.80. The van der Waals surface area contributed by atoms with Gasteiger partial charge in [0, 0.05) is 12.3 Å². The van der Waals surface area contributed by atoms with Gasteiger partial charge < -0.3 is 18.9 Å². The maximum absolute atomic E-state index is 12.1. The third kappa shape index (κ3) is 7.69. The Balaban J connectivity index is 2.75. The van der Waals surface area contributed by atoms with E-state index >= 15 is 0 Å². The summed E-state index contributed by atoms with van der Waals surface area (Å²) in [5.41, 5.74) is 0. The SMILES string of the molecule is CCCCCCOc1c(OC(C)CCC)c(OC(C)CCC)c(OC(C)=O)c2c(Cl)cccc12. The van der Waals surface area contributed by atoms with Crippen LogP contribution in [0.4, 0.5) is 0 Å². The molecule has 0 aliphatic rings. The lowest BCUT2D eigenvalue weighted by Gasteiger charge is -2.26. The average molecular weight is 493 g/mol. The van der Waals surface area contributed by atoms with Crippen LogP contribution >= 0.6 is 11.6 Å². The second kappa shape index (κ2) is 14.3. The largest absolute Gasteiger partial charge is 0.489 e. The highest BCUT2D eigenvalue weighted by atomic mass is 35.5. The Morgan fingerprint density at radius 1 is 0.853 bits per heavy atom. The number of halogens is 1. The zero-order chi connectivity index (χ0) is 25.1. The minimum absolute atomic E-state index is 0.0712. The van der Waals surface area contributed by atoms with Crippen LogP contribution in [0.25, 0.3) is 10.8 Å². The minimum atomic E-state index is -0.449. The van der Waals surface area contributed by atoms with Crippen LogP contribution in [-0.4, -0.2) is 24.8 Å². The van der Waals surface area contributed by atoms with E-state index in [1.54, 1.807) is 6.07 Å². The van der Waals surface area contributed by atoms with E-state index < -0.39 is 5.97 Å². The van der Waals surface area contributed by atoms with Gasteiger partial charge in [0.2, 0.25) is 11.5 Å². The first-order chi connectivity index (χ1) is 16.3. The lowest BCUT2D eigenvalue weighted by atomic mass is 10.1. The summed E-state index contributed by atoms with van der Waals surface area (Å²) in [6.45, 7) is 12.4. The summed E-state index contributed by atoms with van der Waals surface area (Å²) in [6, 6.07) is 5.57. The first-order valence-corrected chi connectivity index (χ1v) is 13.1. The van der Waals surface area contributed by atoms with Crippen molar-refractivity contribution in [1.29, 1.82) is 0 Å². The molecule has 0 bridgehead atoms. The number of ether oxygens (including phenoxy) is 4. The fourth-order valence-corrected chi connectivity index (χ4v) is 4.28. The monoisotopic (exact) mass is 492 g/mol. The van der Waals surface area contributed by atoms with Crippen LogP contribution in [-0.2, 0) is 4.79 Å². The molecular formula is C28H41ClO5. The number of fused-ring (bicyclic) bond motifs is 1. The van der Waals surface area contributed by atoms with E-state index in [1.165, 1.54) is 13.3 Å². The number of unbranched alkanes of at least 4 members (excludes halogenated alkanes) is 3. The molecule has 5 nitrogen and oxygen atoms in total. The molecule has 0 aromatic heterocycles. The summed E-state index contributed by atoms with van der Waals surface area (Å²) in [7, 11) is 0. The molecular weight excluding hydrogens is 452 g/mol. The predicted molar refractivity (Wildman–Crippen MR) is 140 cm³/mol. The van der Waals surface area contributed by atoms with Crippen molar-refractivity contribution in [3.8, 4) is 23.0 Å². The Bertz CT molecular complexity index is 927. The second-order valence-corrected chi connectivity index (χ2v) is 9.32. The minimum Gasteiger partial charge on any atom is -0.489 e. The normalized spacial score (nSPS) is 12.9. The molecule has 6 heteroatoms. The smallest absolute Gasteiger partial charge is 0.308 e. The molecule has 2 aromatic carbocycles. The van der Waals surface area contributed by atoms with Crippen LogP contribution in [0, 0.1) is 0 Å². The van der Waals surface area contributed by atoms with E-state index in [0.29, 0.717) is 34.3 Å². The fourth-order valence-electron chi connectivity index (χ4n) is 4.02. The molecule has 0 spiro atoms. The Kier molecular flexibility index (Phi) is 11.8. The van der Waals surface area contributed by atoms with E-state index in [-0.39, 0.29) is 18.0 Å². The van der Waals surface area contributed by atoms with Gasteiger partial charge in [0.15, 0.2) is 11.5 Å². The predicted octanol–water partition coefficient (Wildman–Crippen LogP) is 8.51. The van der Waals surface area contributed by atoms with Gasteiger partial charge >= 0.3 is 5.97 Å². The van der Waals surface area contributed by atoms with Crippen LogP contribution in [0.3, 0.4) is 0 Å². The second-order valence-electron chi connectivity index (χ2n) is 8.92. The van der Waals surface area contributed by atoms with Gasteiger partial charge in [-0.05, 0) is 39.2 Å². The summed E-state index contributed by atoms with van der Waals surface area (Å²) in [5.74, 6) is 1.28. The molecule has 0 saturated carbocycles. The molecule has 2 aromatic rings. The van der Waals surface area contributed by atoms with Crippen molar-refractivity contribution in [2.24, 2.45) is 0 Å². The van der Waals surface area contributed by atoms with Crippen molar-refractivity contribution in [3.05, 3.63) is 23.2 Å². The van der Waals surface area contributed by atoms with Crippen molar-refractivity contribution < 1.29 is 23.7 Å². The zero-order valence-corrected chi connectivity index (χ0v) is 22.4. The number of hydrogen-bond acceptors (Lipinski definition) is 5. The van der Waals surface area contributed by atoms with Gasteiger partial charge in [-0.2, -0.15) is 0 Å². The first-order valence-electron chi connectivity index (χ1n) is 12.8. The number of carbonyl (C=O) groups excluding carboxylic acids is 1. The summed E-state index contributed by atoms with van der Waals surface area (Å²) in [4.78, 5) is 12.1. The quantitative estimate of drug-likeness (QED) is 0.142. The molecule has 0 heterocycles. The van der Waals surface area contributed by atoms with Crippen molar-refractivity contribution >= 4 is 28.3 Å². The van der Waals surface area contributed by atoms with Gasteiger partial charge in [0.25, 0.3) is 0 Å². The Morgan fingerprint density at radius 3 is 2.03 bits per heavy atom. The molecule has 0 amide bonds. The molecule has 0 fully saturated rings. The fraction of sp³-hybridized carbons (Fsp3) is 0.607. The van der Waals surface area contributed by atoms with Gasteiger partial charge in [-0.3, -0.25) is 4.79 Å². The molecule has 0 N–H and O–H groups in total. The highest BCUT2D eigenvalue weighted by Gasteiger charge is 2.29. The molecule has 0 aliphatic carbocycles. The molecule has 0 radical (unpaired) electrons. The van der Waals surface area contributed by atoms with E-state index in [2.05, 4.69) is 20.8 Å². The first kappa shape index (κ1) is 28.1. The van der Waals surface area contributed by atoms with Crippen LogP contribution in [0.2, 0.25) is 5.02 Å². The zero-order valence-electron chi connectivity index (χ0n) is 21.7. The van der Waals surface area contributed by atoms with E-state index in [9.17, 15) is 4.79 Å². The number of hydrogen-bond donors (Lipinski definition) is 0. The highest BCUT2D eigenvalue weighted by molar-refractivity contribution is 6.36. The summed E-state index contributed by atoms with van der Waals surface area (Å²) in [6.07, 6.45) is 7.84. The van der Waals surface area contributed by atoms with Crippen molar-refractivity contribution in [2.75, 3.05) is 6.61 Å². The third-order valence-corrected chi connectivity index (χ3v) is 5.94. The Morgan fingerprint density at radius 2 is 1.47 bits per heavy atom. The summed E-state index contributed by atoms with van der Waals surface area (Å²) >= 11 is 6.65. The average Bonchev–Trinajstić information content (AvgIpc) is 2.77. The summed E-state index contributed by atoms with van der Waals surface area (Å²) < 4.78 is 25.0. The van der Waals surface area contributed by atoms with Gasteiger partial charge in [-0.1, -0.05) is 76.6 Å². The van der Waals surface area contributed by atoms with Crippen molar-refractivity contribution in [3.63, 3.8) is 0 Å². The molecule has 0 saturated heterocycles. The van der Waals surface area contributed by atoms with Crippen LogP contribution in [0.1, 0.15) is 92.9 Å². The topological polar surface area (TPSA) is 54.0 Å². The van der Waals surface area contributed by atoms with Crippen molar-refractivity contribution in [2.45, 2.75) is 105 Å². The molecule has 2 atom stereocenters. The number of benzene rings is 2. The van der Waals surface area contributed by atoms with Crippen LogP contribution in [0.5, 0.6) is 23.0 Å². The van der Waals surface area contributed by atoms with Gasteiger partial charge in [0.05, 0.1) is 29.2 Å². The van der Waals surface area contributed by atoms with Gasteiger partial charge in [-0.25, -0.2) is 0 Å². The Hall–Kier alpha value is -2.14. The number of rotatable bonds is 15. The van der Waals surface area contributed by atoms with Crippen LogP contribution < -0.4 is 18.9 Å². The molecule has 2 unspecified atom stereocenters. The number of carbonyl (C=O) groups is 1. The molecule has 190 valence electrons. The number of esters is 1. The highest BCUT2D eigenvalue weighted by Crippen LogP contribution is 2.54. The van der Waals surface area contributed by atoms with E-state index in [1.807, 2.05) is 26.0 Å². The standard InChI is InChI=1S/C28H41ClO5/c1-7-10-11-12-18-31-25-22-16-13-17-23(29)24(22)26(34-21(6)30)28(33-20(5)15-9-3)27(25)32-19(4)14-8-2/h13,16-17,19-20H,7-12,14-15,18H2,1-6H3. The molecule has 2 rings (SSSR count). The van der Waals surface area contributed by atoms with Gasteiger partial charge in [-0.15, -0.1) is 0 Å². The molecule has 34 heavy (non-hydrogen) atoms. The van der Waals surface area contributed by atoms with Gasteiger partial charge in [0.1, 0.15) is 0 Å². The lowest BCUT2D eigenvalue weighted by molar-refractivity contribution is -0.131.